The van der Waals surface area contributed by atoms with Crippen molar-refractivity contribution in [1.82, 2.24) is 4.57 Å². The lowest BCUT2D eigenvalue weighted by Gasteiger charge is -2.22. The average molecular weight is 440 g/mol. The summed E-state index contributed by atoms with van der Waals surface area (Å²) in [7, 11) is 5.31. The molecule has 4 rings (SSSR count). The van der Waals surface area contributed by atoms with Crippen molar-refractivity contribution in [3.05, 3.63) is 83.2 Å². The lowest BCUT2D eigenvalue weighted by Crippen LogP contribution is -2.39. The van der Waals surface area contributed by atoms with E-state index in [9.17, 15) is 9.59 Å². The summed E-state index contributed by atoms with van der Waals surface area (Å²) in [6, 6.07) is 11.3. The number of nitrogens with zero attached hydrogens (tertiary/aromatic N) is 3. The first-order valence-corrected chi connectivity index (χ1v) is 11.0. The fraction of sp³-hybridized carbons (Fsp3) is 0.227. The molecule has 0 aliphatic carbocycles. The predicted molar refractivity (Wildman–Crippen MR) is 121 cm³/mol. The van der Waals surface area contributed by atoms with Crippen LogP contribution in [0.1, 0.15) is 23.4 Å². The highest BCUT2D eigenvalue weighted by molar-refractivity contribution is 7.10. The van der Waals surface area contributed by atoms with Gasteiger partial charge < -0.3 is 9.64 Å². The molecule has 0 amide bonds. The van der Waals surface area contributed by atoms with Gasteiger partial charge in [0.25, 0.3) is 5.56 Å². The SMILES string of the molecule is COC(=O)C1=C(C)N=c2s/c(=C/c3ccc(N(C)C)cc3)c(=O)n2C1c1cccs1. The fourth-order valence-corrected chi connectivity index (χ4v) is 5.30. The first-order chi connectivity index (χ1) is 14.4. The van der Waals surface area contributed by atoms with E-state index >= 15 is 0 Å². The van der Waals surface area contributed by atoms with Crippen molar-refractivity contribution >= 4 is 40.4 Å². The number of thiazole rings is 1. The number of allylic oxidation sites excluding steroid dienone is 1. The molecule has 154 valence electrons. The summed E-state index contributed by atoms with van der Waals surface area (Å²) < 4.78 is 7.18. The van der Waals surface area contributed by atoms with E-state index in [-0.39, 0.29) is 5.56 Å². The second-order valence-electron chi connectivity index (χ2n) is 7.07. The van der Waals surface area contributed by atoms with E-state index in [4.69, 9.17) is 4.74 Å². The number of carbonyl (C=O) groups is 1. The highest BCUT2D eigenvalue weighted by Gasteiger charge is 2.33. The molecule has 0 fully saturated rings. The Bertz CT molecular complexity index is 1300. The summed E-state index contributed by atoms with van der Waals surface area (Å²) in [5.41, 5.74) is 2.83. The van der Waals surface area contributed by atoms with Crippen LogP contribution in [0, 0.1) is 0 Å². The first kappa shape index (κ1) is 20.3. The van der Waals surface area contributed by atoms with Gasteiger partial charge in [0.05, 0.1) is 22.9 Å². The standard InChI is InChI=1S/C22H21N3O3S2/c1-13-18(21(27)28-4)19(16-6-5-11-29-16)25-20(26)17(30-22(25)23-13)12-14-7-9-15(10-8-14)24(2)3/h5-12,19H,1-4H3/b17-12+. The molecule has 0 saturated heterocycles. The second-order valence-corrected chi connectivity index (χ2v) is 9.06. The van der Waals surface area contributed by atoms with Crippen molar-refractivity contribution in [1.29, 1.82) is 0 Å². The minimum Gasteiger partial charge on any atom is -0.466 e. The van der Waals surface area contributed by atoms with Gasteiger partial charge in [-0.2, -0.15) is 0 Å². The third kappa shape index (κ3) is 3.53. The van der Waals surface area contributed by atoms with Crippen LogP contribution in [0.4, 0.5) is 5.69 Å². The van der Waals surface area contributed by atoms with Crippen molar-refractivity contribution in [2.45, 2.75) is 13.0 Å². The lowest BCUT2D eigenvalue weighted by atomic mass is 10.0. The number of carbonyl (C=O) groups excluding carboxylic acids is 1. The summed E-state index contributed by atoms with van der Waals surface area (Å²) in [4.78, 5) is 34.0. The number of rotatable bonds is 4. The number of fused-ring (bicyclic) bond motifs is 1. The van der Waals surface area contributed by atoms with E-state index in [1.54, 1.807) is 11.5 Å². The van der Waals surface area contributed by atoms with Crippen LogP contribution in [0.2, 0.25) is 0 Å². The Morgan fingerprint density at radius 2 is 1.97 bits per heavy atom. The largest absolute Gasteiger partial charge is 0.466 e. The normalized spacial score (nSPS) is 16.3. The molecule has 1 atom stereocenters. The molecule has 8 heteroatoms. The number of hydrogen-bond acceptors (Lipinski definition) is 7. The van der Waals surface area contributed by atoms with Gasteiger partial charge in [-0.1, -0.05) is 29.5 Å². The first-order valence-electron chi connectivity index (χ1n) is 9.32. The predicted octanol–water partition coefficient (Wildman–Crippen LogP) is 2.54. The van der Waals surface area contributed by atoms with Crippen LogP contribution in [0.5, 0.6) is 0 Å². The second kappa shape index (κ2) is 8.04. The number of anilines is 1. The van der Waals surface area contributed by atoms with Gasteiger partial charge >= 0.3 is 5.97 Å². The Balaban J connectivity index is 1.89. The number of ether oxygens (including phenoxy) is 1. The van der Waals surface area contributed by atoms with Gasteiger partial charge in [-0.15, -0.1) is 11.3 Å². The molecular weight excluding hydrogens is 418 g/mol. The fourth-order valence-electron chi connectivity index (χ4n) is 3.43. The zero-order valence-electron chi connectivity index (χ0n) is 17.1. The molecule has 0 spiro atoms. The Morgan fingerprint density at radius 1 is 1.23 bits per heavy atom. The monoisotopic (exact) mass is 439 g/mol. The van der Waals surface area contributed by atoms with Gasteiger partial charge in [0, 0.05) is 24.7 Å². The zero-order chi connectivity index (χ0) is 21.4. The van der Waals surface area contributed by atoms with E-state index in [1.807, 2.05) is 66.8 Å². The third-order valence-electron chi connectivity index (χ3n) is 4.95. The van der Waals surface area contributed by atoms with Crippen LogP contribution in [0.3, 0.4) is 0 Å². The Hall–Kier alpha value is -2.97. The summed E-state index contributed by atoms with van der Waals surface area (Å²) in [6.45, 7) is 1.78. The summed E-state index contributed by atoms with van der Waals surface area (Å²) in [6.07, 6.45) is 1.87. The van der Waals surface area contributed by atoms with Gasteiger partial charge in [-0.25, -0.2) is 9.79 Å². The molecular formula is C22H21N3O3S2. The van der Waals surface area contributed by atoms with Crippen LogP contribution in [0.15, 0.2) is 62.8 Å². The van der Waals surface area contributed by atoms with Crippen molar-refractivity contribution in [2.24, 2.45) is 4.99 Å². The van der Waals surface area contributed by atoms with Gasteiger partial charge in [-0.3, -0.25) is 9.36 Å². The van der Waals surface area contributed by atoms with Crippen molar-refractivity contribution in [3.63, 3.8) is 0 Å². The van der Waals surface area contributed by atoms with Crippen LogP contribution in [0.25, 0.3) is 6.08 Å². The van der Waals surface area contributed by atoms with Crippen LogP contribution in [-0.4, -0.2) is 31.7 Å². The van der Waals surface area contributed by atoms with Gasteiger partial charge in [0.2, 0.25) is 0 Å². The molecule has 0 bridgehead atoms. The molecule has 1 aromatic carbocycles. The molecule has 1 unspecified atom stereocenters. The van der Waals surface area contributed by atoms with E-state index in [2.05, 4.69) is 4.99 Å². The molecule has 30 heavy (non-hydrogen) atoms. The molecule has 2 aromatic heterocycles. The zero-order valence-corrected chi connectivity index (χ0v) is 18.7. The van der Waals surface area contributed by atoms with E-state index in [0.717, 1.165) is 16.1 Å². The van der Waals surface area contributed by atoms with E-state index < -0.39 is 12.0 Å². The maximum Gasteiger partial charge on any atom is 0.338 e. The maximum absolute atomic E-state index is 13.4. The lowest BCUT2D eigenvalue weighted by molar-refractivity contribution is -0.136. The van der Waals surface area contributed by atoms with E-state index in [1.165, 1.54) is 29.8 Å². The quantitative estimate of drug-likeness (QED) is 0.586. The number of hydrogen-bond donors (Lipinski definition) is 0. The number of methoxy groups -OCH3 is 1. The summed E-state index contributed by atoms with van der Waals surface area (Å²) in [5.74, 6) is -0.469. The molecule has 3 heterocycles. The van der Waals surface area contributed by atoms with Crippen molar-refractivity contribution < 1.29 is 9.53 Å². The molecule has 0 radical (unpaired) electrons. The molecule has 6 nitrogen and oxygen atoms in total. The van der Waals surface area contributed by atoms with Crippen molar-refractivity contribution in [3.8, 4) is 0 Å². The summed E-state index contributed by atoms with van der Waals surface area (Å²) >= 11 is 2.83. The highest BCUT2D eigenvalue weighted by Crippen LogP contribution is 2.32. The Morgan fingerprint density at radius 3 is 2.57 bits per heavy atom. The third-order valence-corrected chi connectivity index (χ3v) is 6.85. The van der Waals surface area contributed by atoms with Crippen LogP contribution < -0.4 is 19.8 Å². The minimum atomic E-state index is -0.535. The molecule has 3 aromatic rings. The molecule has 1 aliphatic heterocycles. The van der Waals surface area contributed by atoms with Crippen LogP contribution in [-0.2, 0) is 9.53 Å². The van der Waals surface area contributed by atoms with Crippen molar-refractivity contribution in [2.75, 3.05) is 26.1 Å². The van der Waals surface area contributed by atoms with Gasteiger partial charge in [0.1, 0.15) is 6.04 Å². The van der Waals surface area contributed by atoms with Gasteiger partial charge in [0.15, 0.2) is 4.80 Å². The number of benzene rings is 1. The number of esters is 1. The van der Waals surface area contributed by atoms with Gasteiger partial charge in [-0.05, 0) is 42.1 Å². The Labute approximate surface area is 181 Å². The Kier molecular flexibility index (Phi) is 5.44. The van der Waals surface area contributed by atoms with Crippen LogP contribution >= 0.6 is 22.7 Å². The molecule has 1 aliphatic rings. The number of thiophene rings is 1. The maximum atomic E-state index is 13.4. The molecule has 0 saturated carbocycles. The highest BCUT2D eigenvalue weighted by atomic mass is 32.1. The topological polar surface area (TPSA) is 63.9 Å². The molecule has 0 N–H and O–H groups in total. The summed E-state index contributed by atoms with van der Waals surface area (Å²) in [5, 5.41) is 1.93. The minimum absolute atomic E-state index is 0.164. The average Bonchev–Trinajstić information content (AvgIpc) is 3.36. The smallest absolute Gasteiger partial charge is 0.338 e. The van der Waals surface area contributed by atoms with E-state index in [0.29, 0.717) is 20.6 Å². The number of aromatic nitrogens is 1.